The van der Waals surface area contributed by atoms with E-state index >= 15 is 0 Å². The second kappa shape index (κ2) is 4.40. The molecule has 0 spiro atoms. The molecule has 0 saturated carbocycles. The molecule has 3 heteroatoms. The lowest BCUT2D eigenvalue weighted by Crippen LogP contribution is -2.26. The Kier molecular flexibility index (Phi) is 3.13. The number of rotatable bonds is 3. The fraction of sp³-hybridized carbons (Fsp3) is 0.615. The van der Waals surface area contributed by atoms with Crippen molar-refractivity contribution in [1.82, 2.24) is 4.98 Å². The first-order valence-corrected chi connectivity index (χ1v) is 6.05. The summed E-state index contributed by atoms with van der Waals surface area (Å²) >= 11 is 0. The quantitative estimate of drug-likeness (QED) is 0.730. The average molecular weight is 222 g/mol. The maximum atomic E-state index is 13.0. The van der Waals surface area contributed by atoms with Crippen LogP contribution in [0.4, 0.5) is 10.1 Å². The van der Waals surface area contributed by atoms with Gasteiger partial charge in [0.1, 0.15) is 0 Å². The van der Waals surface area contributed by atoms with Crippen LogP contribution in [0.15, 0.2) is 18.3 Å². The van der Waals surface area contributed by atoms with Gasteiger partial charge in [0.25, 0.3) is 0 Å². The zero-order chi connectivity index (χ0) is 11.6. The second-order valence-electron chi connectivity index (χ2n) is 4.72. The maximum Gasteiger partial charge on any atom is 0.214 e. The average Bonchev–Trinajstić information content (AvgIpc) is 2.74. The van der Waals surface area contributed by atoms with Crippen molar-refractivity contribution in [2.75, 3.05) is 18.0 Å². The molecule has 1 fully saturated rings. The molecule has 0 radical (unpaired) electrons. The summed E-state index contributed by atoms with van der Waals surface area (Å²) in [6.07, 6.45) is 5.16. The normalized spacial score (nSPS) is 19.1. The van der Waals surface area contributed by atoms with Crippen molar-refractivity contribution in [3.63, 3.8) is 0 Å². The minimum absolute atomic E-state index is 0.386. The Bertz CT molecular complexity index is 361. The van der Waals surface area contributed by atoms with Crippen LogP contribution in [0.5, 0.6) is 0 Å². The highest BCUT2D eigenvalue weighted by molar-refractivity contribution is 5.46. The molecule has 1 aromatic rings. The third-order valence-corrected chi connectivity index (χ3v) is 4.01. The topological polar surface area (TPSA) is 16.1 Å². The van der Waals surface area contributed by atoms with E-state index in [1.807, 2.05) is 6.07 Å². The molecule has 1 aliphatic rings. The van der Waals surface area contributed by atoms with E-state index in [4.69, 9.17) is 0 Å². The van der Waals surface area contributed by atoms with Crippen LogP contribution in [0.3, 0.4) is 0 Å². The van der Waals surface area contributed by atoms with Crippen LogP contribution in [0, 0.1) is 11.4 Å². The predicted octanol–water partition coefficient (Wildman–Crippen LogP) is 3.24. The molecule has 1 saturated heterocycles. The molecule has 88 valence electrons. The molecule has 0 atom stereocenters. The lowest BCUT2D eigenvalue weighted by molar-refractivity contribution is 0.301. The van der Waals surface area contributed by atoms with Crippen LogP contribution in [0.25, 0.3) is 0 Å². The van der Waals surface area contributed by atoms with E-state index in [-0.39, 0.29) is 5.95 Å². The molecule has 1 aromatic heterocycles. The van der Waals surface area contributed by atoms with E-state index in [9.17, 15) is 4.39 Å². The van der Waals surface area contributed by atoms with Crippen LogP contribution in [-0.2, 0) is 0 Å². The number of hydrogen-bond donors (Lipinski definition) is 0. The lowest BCUT2D eigenvalue weighted by atomic mass is 9.82. The molecule has 2 rings (SSSR count). The summed E-state index contributed by atoms with van der Waals surface area (Å²) in [5.74, 6) is -0.386. The molecule has 2 nitrogen and oxygen atoms in total. The summed E-state index contributed by atoms with van der Waals surface area (Å²) in [6.45, 7) is 6.58. The Hall–Kier alpha value is -1.12. The number of aromatic nitrogens is 1. The second-order valence-corrected chi connectivity index (χ2v) is 4.72. The zero-order valence-electron chi connectivity index (χ0n) is 10.0. The summed E-state index contributed by atoms with van der Waals surface area (Å²) in [5, 5.41) is 0. The number of nitrogens with zero attached hydrogens (tertiary/aromatic N) is 2. The lowest BCUT2D eigenvalue weighted by Gasteiger charge is -2.27. The van der Waals surface area contributed by atoms with Crippen LogP contribution >= 0.6 is 0 Å². The molecular formula is C13H19FN2. The smallest absolute Gasteiger partial charge is 0.214 e. The Morgan fingerprint density at radius 2 is 2.19 bits per heavy atom. The summed E-state index contributed by atoms with van der Waals surface area (Å²) in [7, 11) is 0. The number of pyridine rings is 1. The largest absolute Gasteiger partial charge is 0.371 e. The molecule has 16 heavy (non-hydrogen) atoms. The Morgan fingerprint density at radius 3 is 2.75 bits per heavy atom. The Morgan fingerprint density at radius 1 is 1.44 bits per heavy atom. The highest BCUT2D eigenvalue weighted by Crippen LogP contribution is 2.38. The molecule has 0 unspecified atom stereocenters. The van der Waals surface area contributed by atoms with Gasteiger partial charge in [-0.2, -0.15) is 4.39 Å². The monoisotopic (exact) mass is 222 g/mol. The van der Waals surface area contributed by atoms with Crippen molar-refractivity contribution in [1.29, 1.82) is 0 Å². The molecule has 0 N–H and O–H groups in total. The van der Waals surface area contributed by atoms with E-state index < -0.39 is 0 Å². The van der Waals surface area contributed by atoms with Gasteiger partial charge in [0, 0.05) is 31.0 Å². The van der Waals surface area contributed by atoms with Gasteiger partial charge in [-0.25, -0.2) is 4.98 Å². The van der Waals surface area contributed by atoms with E-state index in [0.717, 1.165) is 18.8 Å². The van der Waals surface area contributed by atoms with Gasteiger partial charge in [0.15, 0.2) is 0 Å². The number of halogens is 1. The zero-order valence-corrected chi connectivity index (χ0v) is 10.0. The van der Waals surface area contributed by atoms with E-state index in [1.54, 1.807) is 6.20 Å². The van der Waals surface area contributed by atoms with Gasteiger partial charge >= 0.3 is 0 Å². The van der Waals surface area contributed by atoms with Crippen molar-refractivity contribution in [3.05, 3.63) is 24.3 Å². The van der Waals surface area contributed by atoms with Crippen LogP contribution in [-0.4, -0.2) is 18.1 Å². The molecule has 0 aliphatic carbocycles. The molecule has 0 amide bonds. The molecule has 0 bridgehead atoms. The fourth-order valence-corrected chi connectivity index (χ4v) is 2.57. The van der Waals surface area contributed by atoms with Gasteiger partial charge in [-0.05, 0) is 30.7 Å². The minimum atomic E-state index is -0.386. The first-order chi connectivity index (χ1) is 7.69. The van der Waals surface area contributed by atoms with Crippen molar-refractivity contribution in [3.8, 4) is 0 Å². The number of hydrogen-bond acceptors (Lipinski definition) is 2. The van der Waals surface area contributed by atoms with Gasteiger partial charge < -0.3 is 4.90 Å². The van der Waals surface area contributed by atoms with Crippen molar-refractivity contribution in [2.45, 2.75) is 33.1 Å². The van der Waals surface area contributed by atoms with Gasteiger partial charge in [0.05, 0.1) is 0 Å². The summed E-state index contributed by atoms with van der Waals surface area (Å²) < 4.78 is 13.0. The van der Waals surface area contributed by atoms with Gasteiger partial charge in [-0.3, -0.25) is 0 Å². The predicted molar refractivity (Wildman–Crippen MR) is 64.0 cm³/mol. The highest BCUT2D eigenvalue weighted by atomic mass is 19.1. The fourth-order valence-electron chi connectivity index (χ4n) is 2.57. The van der Waals surface area contributed by atoms with Crippen LogP contribution < -0.4 is 4.90 Å². The first kappa shape index (κ1) is 11.4. The molecule has 1 aliphatic heterocycles. The summed E-state index contributed by atoms with van der Waals surface area (Å²) in [6, 6.07) is 3.42. The van der Waals surface area contributed by atoms with Crippen LogP contribution in [0.1, 0.15) is 33.1 Å². The Balaban J connectivity index is 2.14. The Labute approximate surface area is 96.5 Å². The highest BCUT2D eigenvalue weighted by Gasteiger charge is 2.34. The summed E-state index contributed by atoms with van der Waals surface area (Å²) in [5.41, 5.74) is 1.40. The SMILES string of the molecule is CCC1(CC)CCN(c2ccnc(F)c2)C1. The van der Waals surface area contributed by atoms with Gasteiger partial charge in [0.2, 0.25) is 5.95 Å². The van der Waals surface area contributed by atoms with Gasteiger partial charge in [-0.1, -0.05) is 13.8 Å². The minimum Gasteiger partial charge on any atom is -0.371 e. The van der Waals surface area contributed by atoms with E-state index in [1.165, 1.54) is 25.3 Å². The molecule has 0 aromatic carbocycles. The van der Waals surface area contributed by atoms with Crippen molar-refractivity contribution >= 4 is 5.69 Å². The summed E-state index contributed by atoms with van der Waals surface area (Å²) in [4.78, 5) is 5.87. The van der Waals surface area contributed by atoms with Gasteiger partial charge in [-0.15, -0.1) is 0 Å². The van der Waals surface area contributed by atoms with E-state index in [0.29, 0.717) is 5.41 Å². The number of anilines is 1. The third kappa shape index (κ3) is 2.04. The van der Waals surface area contributed by atoms with E-state index in [2.05, 4.69) is 23.7 Å². The van der Waals surface area contributed by atoms with Crippen molar-refractivity contribution in [2.24, 2.45) is 5.41 Å². The van der Waals surface area contributed by atoms with Crippen molar-refractivity contribution < 1.29 is 4.39 Å². The standard InChI is InChI=1S/C13H19FN2/c1-3-13(4-2)6-8-16(10-13)11-5-7-15-12(14)9-11/h5,7,9H,3-4,6,8,10H2,1-2H3. The maximum absolute atomic E-state index is 13.0. The molecular weight excluding hydrogens is 203 g/mol. The van der Waals surface area contributed by atoms with Crippen LogP contribution in [0.2, 0.25) is 0 Å². The first-order valence-electron chi connectivity index (χ1n) is 6.05. The molecule has 2 heterocycles. The third-order valence-electron chi connectivity index (χ3n) is 4.01.